The molecule has 1 aromatic rings. The molecule has 0 bridgehead atoms. The SMILES string of the molecule is NC1C(=O)N=C(COc2ccc(Cl)cc2)NC1=O. The lowest BCUT2D eigenvalue weighted by Gasteiger charge is -2.17. The minimum Gasteiger partial charge on any atom is -0.486 e. The molecule has 0 fully saturated rings. The van der Waals surface area contributed by atoms with Crippen LogP contribution in [0.3, 0.4) is 0 Å². The maximum atomic E-state index is 11.3. The number of benzene rings is 1. The van der Waals surface area contributed by atoms with Crippen LogP contribution in [0.5, 0.6) is 5.75 Å². The second kappa shape index (κ2) is 5.16. The fourth-order valence-electron chi connectivity index (χ4n) is 1.31. The number of aliphatic imine (C=N–C) groups is 1. The predicted octanol–water partition coefficient (Wildman–Crippen LogP) is 0.101. The standard InChI is InChI=1S/C11H10ClN3O3/c12-6-1-3-7(4-2-6)18-5-8-14-10(16)9(13)11(17)15-8/h1-4,9H,5,13H2,(H,14,15,16,17). The number of nitrogens with two attached hydrogens (primary N) is 1. The maximum absolute atomic E-state index is 11.3. The van der Waals surface area contributed by atoms with Gasteiger partial charge in [-0.3, -0.25) is 9.59 Å². The van der Waals surface area contributed by atoms with Gasteiger partial charge >= 0.3 is 0 Å². The van der Waals surface area contributed by atoms with Crippen molar-refractivity contribution in [3.63, 3.8) is 0 Å². The van der Waals surface area contributed by atoms with Crippen molar-refractivity contribution in [2.24, 2.45) is 10.7 Å². The number of carbonyl (C=O) groups excluding carboxylic acids is 2. The van der Waals surface area contributed by atoms with Gasteiger partial charge < -0.3 is 15.8 Å². The van der Waals surface area contributed by atoms with E-state index >= 15 is 0 Å². The van der Waals surface area contributed by atoms with Gasteiger partial charge in [0.1, 0.15) is 12.4 Å². The molecule has 7 heteroatoms. The number of amides is 2. The predicted molar refractivity (Wildman–Crippen MR) is 65.5 cm³/mol. The molecule has 18 heavy (non-hydrogen) atoms. The highest BCUT2D eigenvalue weighted by Crippen LogP contribution is 2.15. The average Bonchev–Trinajstić information content (AvgIpc) is 2.35. The summed E-state index contributed by atoms with van der Waals surface area (Å²) in [6.07, 6.45) is 0. The van der Waals surface area contributed by atoms with Crippen molar-refractivity contribution < 1.29 is 14.3 Å². The Morgan fingerprint density at radius 3 is 2.61 bits per heavy atom. The Labute approximate surface area is 108 Å². The number of rotatable bonds is 3. The van der Waals surface area contributed by atoms with Gasteiger partial charge in [-0.15, -0.1) is 0 Å². The molecule has 2 rings (SSSR count). The highest BCUT2D eigenvalue weighted by molar-refractivity contribution is 6.30. The third-order valence-electron chi connectivity index (χ3n) is 2.25. The van der Waals surface area contributed by atoms with Gasteiger partial charge in [0.15, 0.2) is 11.9 Å². The van der Waals surface area contributed by atoms with Gasteiger partial charge in [0, 0.05) is 5.02 Å². The lowest BCUT2D eigenvalue weighted by atomic mass is 10.2. The molecular weight excluding hydrogens is 258 g/mol. The molecule has 0 aromatic heterocycles. The monoisotopic (exact) mass is 267 g/mol. The fraction of sp³-hybridized carbons (Fsp3) is 0.182. The number of halogens is 1. The number of nitrogens with one attached hydrogen (secondary N) is 1. The molecular formula is C11H10ClN3O3. The number of carbonyl (C=O) groups is 2. The molecule has 0 saturated heterocycles. The van der Waals surface area contributed by atoms with E-state index < -0.39 is 17.9 Å². The molecule has 0 radical (unpaired) electrons. The van der Waals surface area contributed by atoms with E-state index in [-0.39, 0.29) is 12.4 Å². The van der Waals surface area contributed by atoms with Crippen molar-refractivity contribution in [3.8, 4) is 5.75 Å². The van der Waals surface area contributed by atoms with E-state index in [1.54, 1.807) is 24.3 Å². The van der Waals surface area contributed by atoms with Crippen molar-refractivity contribution in [1.29, 1.82) is 0 Å². The van der Waals surface area contributed by atoms with Crippen molar-refractivity contribution in [3.05, 3.63) is 29.3 Å². The summed E-state index contributed by atoms with van der Waals surface area (Å²) in [5, 5.41) is 2.98. The molecule has 94 valence electrons. The van der Waals surface area contributed by atoms with E-state index in [1.807, 2.05) is 0 Å². The second-order valence-electron chi connectivity index (χ2n) is 3.61. The molecule has 6 nitrogen and oxygen atoms in total. The summed E-state index contributed by atoms with van der Waals surface area (Å²) in [5.74, 6) is -0.557. The third-order valence-corrected chi connectivity index (χ3v) is 2.50. The molecule has 1 aliphatic rings. The third kappa shape index (κ3) is 2.85. The van der Waals surface area contributed by atoms with Crippen molar-refractivity contribution in [2.75, 3.05) is 6.61 Å². The quantitative estimate of drug-likeness (QED) is 0.760. The first-order valence-electron chi connectivity index (χ1n) is 5.12. The molecule has 1 atom stereocenters. The zero-order valence-electron chi connectivity index (χ0n) is 9.22. The molecule has 1 aliphatic heterocycles. The van der Waals surface area contributed by atoms with Crippen LogP contribution < -0.4 is 15.8 Å². The van der Waals surface area contributed by atoms with Crippen LogP contribution in [0.25, 0.3) is 0 Å². The van der Waals surface area contributed by atoms with Gasteiger partial charge in [-0.05, 0) is 24.3 Å². The highest BCUT2D eigenvalue weighted by atomic mass is 35.5. The Bertz CT molecular complexity index is 513. The van der Waals surface area contributed by atoms with E-state index in [0.717, 1.165) is 0 Å². The normalized spacial score (nSPS) is 19.2. The summed E-state index contributed by atoms with van der Waals surface area (Å²) >= 11 is 5.72. The lowest BCUT2D eigenvalue weighted by Crippen LogP contribution is -2.53. The number of ether oxygens (including phenoxy) is 1. The zero-order chi connectivity index (χ0) is 13.1. The summed E-state index contributed by atoms with van der Waals surface area (Å²) in [6.45, 7) is -0.0220. The van der Waals surface area contributed by atoms with E-state index in [1.165, 1.54) is 0 Å². The molecule has 0 aliphatic carbocycles. The van der Waals surface area contributed by atoms with E-state index in [2.05, 4.69) is 10.3 Å². The molecule has 2 amide bonds. The van der Waals surface area contributed by atoms with Gasteiger partial charge in [0.25, 0.3) is 11.8 Å². The van der Waals surface area contributed by atoms with E-state index in [9.17, 15) is 9.59 Å². The van der Waals surface area contributed by atoms with Gasteiger partial charge in [0.2, 0.25) is 0 Å². The van der Waals surface area contributed by atoms with Crippen LogP contribution in [0, 0.1) is 0 Å². The van der Waals surface area contributed by atoms with Gasteiger partial charge in [-0.2, -0.15) is 4.99 Å². The van der Waals surface area contributed by atoms with Crippen LogP contribution in [0.1, 0.15) is 0 Å². The Hall–Kier alpha value is -1.92. The van der Waals surface area contributed by atoms with Gasteiger partial charge in [-0.25, -0.2) is 0 Å². The average molecular weight is 268 g/mol. The number of hydrogen-bond acceptors (Lipinski definition) is 4. The van der Waals surface area contributed by atoms with Crippen LogP contribution in [-0.4, -0.2) is 30.3 Å². The summed E-state index contributed by atoms with van der Waals surface area (Å²) in [7, 11) is 0. The van der Waals surface area contributed by atoms with Crippen molar-refractivity contribution >= 4 is 29.3 Å². The van der Waals surface area contributed by atoms with Crippen LogP contribution in [0.4, 0.5) is 0 Å². The lowest BCUT2D eigenvalue weighted by molar-refractivity contribution is -0.129. The Morgan fingerprint density at radius 2 is 2.00 bits per heavy atom. The molecule has 1 heterocycles. The van der Waals surface area contributed by atoms with Crippen LogP contribution in [0.15, 0.2) is 29.3 Å². The van der Waals surface area contributed by atoms with Crippen molar-refractivity contribution in [2.45, 2.75) is 6.04 Å². The first-order chi connectivity index (χ1) is 8.56. The van der Waals surface area contributed by atoms with Crippen molar-refractivity contribution in [1.82, 2.24) is 5.32 Å². The summed E-state index contributed by atoms with van der Waals surface area (Å²) in [5.41, 5.74) is 5.28. The Morgan fingerprint density at radius 1 is 1.33 bits per heavy atom. The number of amidine groups is 1. The minimum absolute atomic E-state index is 0.0220. The smallest absolute Gasteiger partial charge is 0.274 e. The molecule has 1 unspecified atom stereocenters. The Kier molecular flexibility index (Phi) is 3.59. The first-order valence-corrected chi connectivity index (χ1v) is 5.50. The van der Waals surface area contributed by atoms with E-state index in [4.69, 9.17) is 22.1 Å². The second-order valence-corrected chi connectivity index (χ2v) is 4.04. The first kappa shape index (κ1) is 12.5. The molecule has 0 saturated carbocycles. The fourth-order valence-corrected chi connectivity index (χ4v) is 1.44. The molecule has 0 spiro atoms. The van der Waals surface area contributed by atoms with Gasteiger partial charge in [0.05, 0.1) is 0 Å². The minimum atomic E-state index is -1.23. The van der Waals surface area contributed by atoms with E-state index in [0.29, 0.717) is 10.8 Å². The van der Waals surface area contributed by atoms with Crippen LogP contribution in [0.2, 0.25) is 5.02 Å². The largest absolute Gasteiger partial charge is 0.486 e. The van der Waals surface area contributed by atoms with Gasteiger partial charge in [-0.1, -0.05) is 11.6 Å². The summed E-state index contributed by atoms with van der Waals surface area (Å²) in [4.78, 5) is 26.1. The number of nitrogens with zero attached hydrogens (tertiary/aromatic N) is 1. The maximum Gasteiger partial charge on any atom is 0.274 e. The highest BCUT2D eigenvalue weighted by Gasteiger charge is 2.28. The van der Waals surface area contributed by atoms with Crippen LogP contribution >= 0.6 is 11.6 Å². The Balaban J connectivity index is 1.98. The topological polar surface area (TPSA) is 93.8 Å². The summed E-state index contributed by atoms with van der Waals surface area (Å²) < 4.78 is 5.34. The number of hydrogen-bond donors (Lipinski definition) is 2. The zero-order valence-corrected chi connectivity index (χ0v) is 9.98. The van der Waals surface area contributed by atoms with Crippen LogP contribution in [-0.2, 0) is 9.59 Å². The summed E-state index contributed by atoms with van der Waals surface area (Å²) in [6, 6.07) is 5.44. The molecule has 3 N–H and O–H groups in total. The molecule has 1 aromatic carbocycles.